The Balaban J connectivity index is 1.56. The third-order valence-corrected chi connectivity index (χ3v) is 6.30. The smallest absolute Gasteiger partial charge is 0.253 e. The Hall–Kier alpha value is -2.43. The molecule has 2 atom stereocenters. The van der Waals surface area contributed by atoms with Crippen LogP contribution in [-0.4, -0.2) is 35.7 Å². The zero-order chi connectivity index (χ0) is 19.0. The average Bonchev–Trinajstić information content (AvgIpc) is 2.98. The molecule has 3 aliphatic rings. The number of amides is 3. The van der Waals surface area contributed by atoms with Gasteiger partial charge in [0.25, 0.3) is 5.91 Å². The van der Waals surface area contributed by atoms with Crippen molar-refractivity contribution in [3.63, 3.8) is 0 Å². The Kier molecular flexibility index (Phi) is 4.85. The van der Waals surface area contributed by atoms with Crippen molar-refractivity contribution in [3.8, 4) is 0 Å². The summed E-state index contributed by atoms with van der Waals surface area (Å²) in [7, 11) is 1.86. The van der Waals surface area contributed by atoms with Crippen LogP contribution in [0.25, 0.3) is 0 Å². The number of hydrogen-bond donors (Lipinski definition) is 0. The van der Waals surface area contributed by atoms with E-state index in [-0.39, 0.29) is 35.6 Å². The van der Waals surface area contributed by atoms with Crippen molar-refractivity contribution in [3.05, 3.63) is 42.0 Å². The molecule has 0 N–H and O–H groups in total. The van der Waals surface area contributed by atoms with Crippen molar-refractivity contribution in [2.75, 3.05) is 11.9 Å². The monoisotopic (exact) mass is 366 g/mol. The minimum absolute atomic E-state index is 0.0399. The minimum Gasteiger partial charge on any atom is -0.339 e. The van der Waals surface area contributed by atoms with Gasteiger partial charge in [0.1, 0.15) is 0 Å². The lowest BCUT2D eigenvalue weighted by Crippen LogP contribution is -2.38. The van der Waals surface area contributed by atoms with E-state index in [0.29, 0.717) is 24.1 Å². The van der Waals surface area contributed by atoms with Gasteiger partial charge in [0.15, 0.2) is 0 Å². The van der Waals surface area contributed by atoms with Gasteiger partial charge in [-0.1, -0.05) is 37.5 Å². The Labute approximate surface area is 160 Å². The lowest BCUT2D eigenvalue weighted by Gasteiger charge is -2.31. The van der Waals surface area contributed by atoms with E-state index in [0.717, 1.165) is 25.7 Å². The predicted molar refractivity (Wildman–Crippen MR) is 103 cm³/mol. The number of carbonyl (C=O) groups excluding carboxylic acids is 3. The maximum absolute atomic E-state index is 13.0. The van der Waals surface area contributed by atoms with Crippen LogP contribution in [0.2, 0.25) is 0 Å². The van der Waals surface area contributed by atoms with E-state index in [1.807, 2.05) is 24.1 Å². The largest absolute Gasteiger partial charge is 0.339 e. The fraction of sp³-hybridized carbons (Fsp3) is 0.500. The summed E-state index contributed by atoms with van der Waals surface area (Å²) in [5.41, 5.74) is 1.05. The molecule has 0 radical (unpaired) electrons. The first-order valence-corrected chi connectivity index (χ1v) is 9.98. The third kappa shape index (κ3) is 3.20. The lowest BCUT2D eigenvalue weighted by molar-refractivity contribution is -0.122. The van der Waals surface area contributed by atoms with Gasteiger partial charge in [-0.2, -0.15) is 0 Å². The molecule has 2 fully saturated rings. The number of imide groups is 1. The summed E-state index contributed by atoms with van der Waals surface area (Å²) in [6, 6.07) is 7.25. The zero-order valence-electron chi connectivity index (χ0n) is 15.8. The molecule has 1 heterocycles. The van der Waals surface area contributed by atoms with Crippen LogP contribution in [0.15, 0.2) is 36.4 Å². The van der Waals surface area contributed by atoms with E-state index >= 15 is 0 Å². The fourth-order valence-electron chi connectivity index (χ4n) is 4.67. The number of hydrogen-bond acceptors (Lipinski definition) is 3. The van der Waals surface area contributed by atoms with Gasteiger partial charge in [-0.25, -0.2) is 0 Å². The van der Waals surface area contributed by atoms with Gasteiger partial charge >= 0.3 is 0 Å². The van der Waals surface area contributed by atoms with Gasteiger partial charge in [0.05, 0.1) is 17.5 Å². The number of rotatable bonds is 3. The summed E-state index contributed by atoms with van der Waals surface area (Å²) >= 11 is 0. The second kappa shape index (κ2) is 7.29. The van der Waals surface area contributed by atoms with Crippen LogP contribution in [0.4, 0.5) is 5.69 Å². The summed E-state index contributed by atoms with van der Waals surface area (Å²) < 4.78 is 0. The molecule has 27 heavy (non-hydrogen) atoms. The molecule has 142 valence electrons. The average molecular weight is 366 g/mol. The van der Waals surface area contributed by atoms with E-state index in [1.54, 1.807) is 24.3 Å². The second-order valence-electron chi connectivity index (χ2n) is 7.93. The molecule has 0 aromatic heterocycles. The molecule has 0 bridgehead atoms. The van der Waals surface area contributed by atoms with E-state index in [4.69, 9.17) is 0 Å². The molecule has 0 spiro atoms. The number of carbonyl (C=O) groups is 3. The Morgan fingerprint density at radius 3 is 2.26 bits per heavy atom. The number of benzene rings is 1. The van der Waals surface area contributed by atoms with E-state index in [9.17, 15) is 14.4 Å². The number of fused-ring (bicyclic) bond motifs is 1. The number of anilines is 1. The quantitative estimate of drug-likeness (QED) is 0.607. The highest BCUT2D eigenvalue weighted by Gasteiger charge is 2.47. The first-order valence-electron chi connectivity index (χ1n) is 9.98. The first kappa shape index (κ1) is 18.0. The van der Waals surface area contributed by atoms with Crippen molar-refractivity contribution in [1.29, 1.82) is 0 Å². The molecule has 5 nitrogen and oxygen atoms in total. The maximum atomic E-state index is 13.0. The Morgan fingerprint density at radius 1 is 1.00 bits per heavy atom. The van der Waals surface area contributed by atoms with Crippen LogP contribution in [0.5, 0.6) is 0 Å². The molecule has 0 unspecified atom stereocenters. The molecular formula is C22H26N2O3. The van der Waals surface area contributed by atoms with Crippen LogP contribution in [-0.2, 0) is 9.59 Å². The van der Waals surface area contributed by atoms with Crippen molar-refractivity contribution in [2.45, 2.75) is 51.0 Å². The van der Waals surface area contributed by atoms with Crippen molar-refractivity contribution in [1.82, 2.24) is 4.90 Å². The van der Waals surface area contributed by atoms with Gasteiger partial charge in [0, 0.05) is 18.7 Å². The van der Waals surface area contributed by atoms with E-state index < -0.39 is 0 Å². The van der Waals surface area contributed by atoms with Gasteiger partial charge < -0.3 is 4.90 Å². The summed E-state index contributed by atoms with van der Waals surface area (Å²) in [6.07, 6.45) is 10.9. The highest BCUT2D eigenvalue weighted by atomic mass is 16.2. The van der Waals surface area contributed by atoms with Crippen LogP contribution in [0.3, 0.4) is 0 Å². The molecule has 5 heteroatoms. The van der Waals surface area contributed by atoms with Crippen LogP contribution < -0.4 is 4.90 Å². The standard InChI is InChI=1S/C22H26N2O3/c1-23(16-9-3-2-4-10-16)20(25)15-8-7-11-17(14-15)24-21(26)18-12-5-6-13-19(18)22(24)27/h5-8,11,14,16,18-19H,2-4,9-10,12-13H2,1H3/t18-,19-/m1/s1. The van der Waals surface area contributed by atoms with Crippen LogP contribution in [0, 0.1) is 11.8 Å². The van der Waals surface area contributed by atoms with Crippen molar-refractivity contribution >= 4 is 23.4 Å². The van der Waals surface area contributed by atoms with E-state index in [1.165, 1.54) is 11.3 Å². The molecule has 1 saturated heterocycles. The number of allylic oxidation sites excluding steroid dienone is 2. The minimum atomic E-state index is -0.258. The van der Waals surface area contributed by atoms with Gasteiger partial charge in [0.2, 0.25) is 11.8 Å². The molecule has 1 aliphatic heterocycles. The molecule has 4 rings (SSSR count). The highest BCUT2D eigenvalue weighted by molar-refractivity contribution is 6.22. The predicted octanol–water partition coefficient (Wildman–Crippen LogP) is 3.55. The summed E-state index contributed by atoms with van der Waals surface area (Å²) in [4.78, 5) is 41.7. The summed E-state index contributed by atoms with van der Waals surface area (Å²) in [5.74, 6) is -0.834. The Morgan fingerprint density at radius 2 is 1.63 bits per heavy atom. The SMILES string of the molecule is CN(C(=O)c1cccc(N2C(=O)[C@@H]3CC=CC[C@H]3C2=O)c1)C1CCCCC1. The van der Waals surface area contributed by atoms with Crippen molar-refractivity contribution in [2.24, 2.45) is 11.8 Å². The van der Waals surface area contributed by atoms with Crippen LogP contribution in [0.1, 0.15) is 55.3 Å². The topological polar surface area (TPSA) is 57.7 Å². The lowest BCUT2D eigenvalue weighted by atomic mass is 9.85. The Bertz CT molecular complexity index is 769. The highest BCUT2D eigenvalue weighted by Crippen LogP contribution is 2.38. The molecule has 1 aromatic rings. The third-order valence-electron chi connectivity index (χ3n) is 6.30. The molecule has 2 aliphatic carbocycles. The van der Waals surface area contributed by atoms with Crippen LogP contribution >= 0.6 is 0 Å². The molecule has 1 aromatic carbocycles. The normalized spacial score (nSPS) is 25.6. The van der Waals surface area contributed by atoms with Gasteiger partial charge in [-0.3, -0.25) is 19.3 Å². The molecule has 3 amide bonds. The fourth-order valence-corrected chi connectivity index (χ4v) is 4.67. The summed E-state index contributed by atoms with van der Waals surface area (Å²) in [6.45, 7) is 0. The van der Waals surface area contributed by atoms with Gasteiger partial charge in [-0.15, -0.1) is 0 Å². The molecular weight excluding hydrogens is 340 g/mol. The second-order valence-corrected chi connectivity index (χ2v) is 7.93. The van der Waals surface area contributed by atoms with E-state index in [2.05, 4.69) is 0 Å². The first-order chi connectivity index (χ1) is 13.1. The number of nitrogens with zero attached hydrogens (tertiary/aromatic N) is 2. The zero-order valence-corrected chi connectivity index (χ0v) is 15.8. The molecule has 1 saturated carbocycles. The summed E-state index contributed by atoms with van der Waals surface area (Å²) in [5, 5.41) is 0. The van der Waals surface area contributed by atoms with Crippen molar-refractivity contribution < 1.29 is 14.4 Å². The van der Waals surface area contributed by atoms with Gasteiger partial charge in [-0.05, 0) is 43.9 Å². The maximum Gasteiger partial charge on any atom is 0.253 e.